The van der Waals surface area contributed by atoms with Crippen LogP contribution in [0.4, 0.5) is 5.82 Å². The van der Waals surface area contributed by atoms with Crippen LogP contribution in [0, 0.1) is 11.8 Å². The van der Waals surface area contributed by atoms with Crippen LogP contribution in [0.2, 0.25) is 0 Å². The number of likely N-dealkylation sites (tertiary alicyclic amines) is 1. The van der Waals surface area contributed by atoms with Gasteiger partial charge in [-0.3, -0.25) is 4.79 Å². The Bertz CT molecular complexity index is 1170. The van der Waals surface area contributed by atoms with Gasteiger partial charge in [0.2, 0.25) is 0 Å². The van der Waals surface area contributed by atoms with Gasteiger partial charge in [0.15, 0.2) is 11.5 Å². The standard InChI is InChI=1S/C25H32N6O3/c1-15(2)22(17-4-5-20-21(10-17)34-9-8-33-20)30-24-18-11-19(29-23(18)27-14-28-24)25(32)26-7-6-16-12-31(3)13-16/h4-5,10-11,14-16,22H,6-9,12-13H2,1-3H3,(H,26,32)(H2,27,28,29,30)/t22-/m1/s1. The highest BCUT2D eigenvalue weighted by atomic mass is 16.6. The smallest absolute Gasteiger partial charge is 0.267 e. The third-order valence-corrected chi connectivity index (χ3v) is 6.53. The fourth-order valence-corrected chi connectivity index (χ4v) is 4.71. The van der Waals surface area contributed by atoms with Crippen LogP contribution in [0.15, 0.2) is 30.6 Å². The van der Waals surface area contributed by atoms with Crippen molar-refractivity contribution in [1.82, 2.24) is 25.2 Å². The van der Waals surface area contributed by atoms with Crippen LogP contribution in [0.5, 0.6) is 11.5 Å². The second-order valence-electron chi connectivity index (χ2n) is 9.57. The van der Waals surface area contributed by atoms with Gasteiger partial charge >= 0.3 is 0 Å². The highest BCUT2D eigenvalue weighted by Crippen LogP contribution is 2.36. The molecule has 2 aliphatic heterocycles. The van der Waals surface area contributed by atoms with Crippen molar-refractivity contribution in [3.05, 3.63) is 41.9 Å². The van der Waals surface area contributed by atoms with Crippen LogP contribution >= 0.6 is 0 Å². The van der Waals surface area contributed by atoms with Gasteiger partial charge in [0.1, 0.15) is 36.7 Å². The summed E-state index contributed by atoms with van der Waals surface area (Å²) in [6.45, 7) is 8.31. The van der Waals surface area contributed by atoms with Crippen molar-refractivity contribution >= 4 is 22.8 Å². The van der Waals surface area contributed by atoms with Gasteiger partial charge in [-0.15, -0.1) is 0 Å². The number of carbonyl (C=O) groups excluding carboxylic acids is 1. The van der Waals surface area contributed by atoms with Gasteiger partial charge in [-0.05, 0) is 49.1 Å². The Morgan fingerprint density at radius 2 is 1.97 bits per heavy atom. The second kappa shape index (κ2) is 9.50. The van der Waals surface area contributed by atoms with E-state index in [0.717, 1.165) is 42.0 Å². The number of amides is 1. The van der Waals surface area contributed by atoms with E-state index >= 15 is 0 Å². The minimum Gasteiger partial charge on any atom is -0.486 e. The van der Waals surface area contributed by atoms with Crippen molar-refractivity contribution in [1.29, 1.82) is 0 Å². The summed E-state index contributed by atoms with van der Waals surface area (Å²) in [4.78, 5) is 27.0. The molecule has 9 nitrogen and oxygen atoms in total. The van der Waals surface area contributed by atoms with E-state index in [2.05, 4.69) is 57.4 Å². The number of carbonyl (C=O) groups is 1. The van der Waals surface area contributed by atoms with E-state index in [0.29, 0.717) is 42.8 Å². The van der Waals surface area contributed by atoms with E-state index in [9.17, 15) is 4.79 Å². The maximum Gasteiger partial charge on any atom is 0.267 e. The number of nitrogens with zero attached hydrogens (tertiary/aromatic N) is 3. The van der Waals surface area contributed by atoms with Crippen LogP contribution in [-0.2, 0) is 0 Å². The van der Waals surface area contributed by atoms with Crippen molar-refractivity contribution in [2.45, 2.75) is 26.3 Å². The highest BCUT2D eigenvalue weighted by Gasteiger charge is 2.24. The van der Waals surface area contributed by atoms with Crippen LogP contribution in [0.1, 0.15) is 42.4 Å². The van der Waals surface area contributed by atoms with Crippen molar-refractivity contribution in [3.8, 4) is 11.5 Å². The zero-order valence-electron chi connectivity index (χ0n) is 19.9. The van der Waals surface area contributed by atoms with E-state index < -0.39 is 0 Å². The molecule has 1 aromatic carbocycles. The lowest BCUT2D eigenvalue weighted by molar-refractivity contribution is 0.0929. The second-order valence-corrected chi connectivity index (χ2v) is 9.57. The zero-order valence-corrected chi connectivity index (χ0v) is 19.9. The van der Waals surface area contributed by atoms with Crippen molar-refractivity contribution in [2.75, 3.05) is 45.2 Å². The molecule has 0 bridgehead atoms. The first-order valence-electron chi connectivity index (χ1n) is 11.9. The SMILES string of the molecule is CC(C)[C@@H](Nc1ncnc2[nH]c(C(=O)NCCC3CN(C)C3)cc12)c1ccc2c(c1)OCCO2. The fraction of sp³-hybridized carbons (Fsp3) is 0.480. The van der Waals surface area contributed by atoms with Crippen molar-refractivity contribution < 1.29 is 14.3 Å². The van der Waals surface area contributed by atoms with Gasteiger partial charge < -0.3 is 30.0 Å². The summed E-state index contributed by atoms with van der Waals surface area (Å²) in [7, 11) is 2.11. The first-order valence-corrected chi connectivity index (χ1v) is 11.9. The van der Waals surface area contributed by atoms with Gasteiger partial charge in [-0.1, -0.05) is 19.9 Å². The third kappa shape index (κ3) is 4.65. The molecule has 1 saturated heterocycles. The lowest BCUT2D eigenvalue weighted by Crippen LogP contribution is -2.45. The summed E-state index contributed by atoms with van der Waals surface area (Å²) in [5, 5.41) is 7.38. The third-order valence-electron chi connectivity index (χ3n) is 6.53. The first-order chi connectivity index (χ1) is 16.5. The summed E-state index contributed by atoms with van der Waals surface area (Å²) in [5.41, 5.74) is 2.21. The molecule has 1 fully saturated rings. The predicted octanol–water partition coefficient (Wildman–Crippen LogP) is 3.22. The number of hydrogen-bond acceptors (Lipinski definition) is 7. The number of fused-ring (bicyclic) bond motifs is 2. The number of anilines is 1. The summed E-state index contributed by atoms with van der Waals surface area (Å²) in [6.07, 6.45) is 2.51. The molecule has 2 aliphatic rings. The Kier molecular flexibility index (Phi) is 6.28. The molecule has 0 unspecified atom stereocenters. The van der Waals surface area contributed by atoms with Crippen molar-refractivity contribution in [2.24, 2.45) is 11.8 Å². The average molecular weight is 465 g/mol. The molecule has 2 aromatic heterocycles. The van der Waals surface area contributed by atoms with Crippen LogP contribution < -0.4 is 20.1 Å². The van der Waals surface area contributed by atoms with Gasteiger partial charge in [-0.25, -0.2) is 9.97 Å². The molecule has 0 spiro atoms. The van der Waals surface area contributed by atoms with Crippen molar-refractivity contribution in [3.63, 3.8) is 0 Å². The summed E-state index contributed by atoms with van der Waals surface area (Å²) >= 11 is 0. The molecule has 5 rings (SSSR count). The van der Waals surface area contributed by atoms with E-state index in [-0.39, 0.29) is 17.9 Å². The summed E-state index contributed by atoms with van der Waals surface area (Å²) in [5.74, 6) is 3.05. The lowest BCUT2D eigenvalue weighted by atomic mass is 9.95. The van der Waals surface area contributed by atoms with E-state index in [1.165, 1.54) is 6.33 Å². The molecule has 3 aromatic rings. The molecule has 1 atom stereocenters. The van der Waals surface area contributed by atoms with Crippen LogP contribution in [0.25, 0.3) is 11.0 Å². The molecular weight excluding hydrogens is 432 g/mol. The first kappa shape index (κ1) is 22.5. The Balaban J connectivity index is 1.32. The minimum atomic E-state index is -0.121. The molecule has 0 aliphatic carbocycles. The summed E-state index contributed by atoms with van der Waals surface area (Å²) < 4.78 is 11.4. The maximum atomic E-state index is 12.7. The quantitative estimate of drug-likeness (QED) is 0.470. The number of hydrogen-bond donors (Lipinski definition) is 3. The Morgan fingerprint density at radius 3 is 2.74 bits per heavy atom. The number of H-pyrrole nitrogens is 1. The molecule has 0 radical (unpaired) electrons. The maximum absolute atomic E-state index is 12.7. The number of aromatic amines is 1. The van der Waals surface area contributed by atoms with E-state index in [1.54, 1.807) is 0 Å². The number of aromatic nitrogens is 3. The largest absolute Gasteiger partial charge is 0.486 e. The Morgan fingerprint density at radius 1 is 1.18 bits per heavy atom. The Labute approximate surface area is 199 Å². The van der Waals surface area contributed by atoms with E-state index in [1.807, 2.05) is 18.2 Å². The fourth-order valence-electron chi connectivity index (χ4n) is 4.71. The number of benzene rings is 1. The molecule has 1 amide bonds. The van der Waals surface area contributed by atoms with Gasteiger partial charge in [0, 0.05) is 19.6 Å². The van der Waals surface area contributed by atoms with E-state index in [4.69, 9.17) is 9.47 Å². The molecule has 4 heterocycles. The monoisotopic (exact) mass is 464 g/mol. The molecule has 34 heavy (non-hydrogen) atoms. The molecular formula is C25H32N6O3. The number of rotatable bonds is 8. The summed E-state index contributed by atoms with van der Waals surface area (Å²) in [6, 6.07) is 7.85. The topological polar surface area (TPSA) is 104 Å². The number of ether oxygens (including phenoxy) is 2. The van der Waals surface area contributed by atoms with Crippen LogP contribution in [-0.4, -0.2) is 65.7 Å². The highest BCUT2D eigenvalue weighted by molar-refractivity contribution is 5.99. The molecule has 180 valence electrons. The predicted molar refractivity (Wildman–Crippen MR) is 130 cm³/mol. The minimum absolute atomic E-state index is 0.0123. The lowest BCUT2D eigenvalue weighted by Gasteiger charge is -2.36. The van der Waals surface area contributed by atoms with Gasteiger partial charge in [0.05, 0.1) is 11.4 Å². The normalized spacial score (nSPS) is 16.9. The van der Waals surface area contributed by atoms with Crippen LogP contribution in [0.3, 0.4) is 0 Å². The van der Waals surface area contributed by atoms with Gasteiger partial charge in [0.25, 0.3) is 5.91 Å². The molecule has 0 saturated carbocycles. The average Bonchev–Trinajstić information content (AvgIpc) is 3.26. The Hall–Kier alpha value is -3.33. The zero-order chi connectivity index (χ0) is 23.7. The molecule has 3 N–H and O–H groups in total. The molecule has 9 heteroatoms. The van der Waals surface area contributed by atoms with Gasteiger partial charge in [-0.2, -0.15) is 0 Å². The number of nitrogens with one attached hydrogen (secondary N) is 3.